The van der Waals surface area contributed by atoms with Gasteiger partial charge in [0.25, 0.3) is 0 Å². The van der Waals surface area contributed by atoms with E-state index in [0.717, 1.165) is 44.1 Å². The van der Waals surface area contributed by atoms with Crippen LogP contribution in [-0.2, 0) is 24.3 Å². The highest BCUT2D eigenvalue weighted by atomic mass is 32.2. The first-order chi connectivity index (χ1) is 14.8. The number of nitrogens with one attached hydrogen (secondary N) is 2. The van der Waals surface area contributed by atoms with Crippen LogP contribution >= 0.6 is 0 Å². The molecule has 9 heteroatoms. The molecule has 0 unspecified atom stereocenters. The van der Waals surface area contributed by atoms with Crippen LogP contribution in [0.5, 0.6) is 0 Å². The second-order valence-corrected chi connectivity index (χ2v) is 10.3. The Morgan fingerprint density at radius 3 is 2.48 bits per heavy atom. The fourth-order valence-corrected chi connectivity index (χ4v) is 6.03. The van der Waals surface area contributed by atoms with E-state index in [0.29, 0.717) is 25.1 Å². The van der Waals surface area contributed by atoms with Gasteiger partial charge in [0.15, 0.2) is 0 Å². The van der Waals surface area contributed by atoms with Gasteiger partial charge < -0.3 is 15.4 Å². The van der Waals surface area contributed by atoms with Crippen molar-refractivity contribution in [3.8, 4) is 0 Å². The number of hydrogen-bond acceptors (Lipinski definition) is 5. The minimum atomic E-state index is -3.80. The number of benzene rings is 1. The van der Waals surface area contributed by atoms with Crippen molar-refractivity contribution in [1.29, 1.82) is 0 Å². The number of aryl methyl sites for hydroxylation is 2. The number of carbonyl (C=O) groups excluding carboxylic acids is 2. The Hall–Kier alpha value is -1.97. The van der Waals surface area contributed by atoms with Gasteiger partial charge in [0, 0.05) is 12.6 Å². The molecule has 1 aromatic carbocycles. The zero-order valence-electron chi connectivity index (χ0n) is 18.4. The van der Waals surface area contributed by atoms with E-state index in [9.17, 15) is 18.0 Å². The highest BCUT2D eigenvalue weighted by molar-refractivity contribution is 7.89. The molecule has 0 bridgehead atoms. The Morgan fingerprint density at radius 2 is 1.77 bits per heavy atom. The smallest absolute Gasteiger partial charge is 0.309 e. The molecule has 0 spiro atoms. The number of rotatable bonds is 5. The van der Waals surface area contributed by atoms with Crippen LogP contribution in [0.1, 0.15) is 56.1 Å². The maximum atomic E-state index is 13.3. The van der Waals surface area contributed by atoms with Crippen molar-refractivity contribution in [3.63, 3.8) is 0 Å². The van der Waals surface area contributed by atoms with E-state index in [-0.39, 0.29) is 17.5 Å². The predicted molar refractivity (Wildman–Crippen MR) is 117 cm³/mol. The van der Waals surface area contributed by atoms with Gasteiger partial charge in [-0.2, -0.15) is 4.31 Å². The van der Waals surface area contributed by atoms with E-state index >= 15 is 0 Å². The summed E-state index contributed by atoms with van der Waals surface area (Å²) in [5.41, 5.74) is 1.50. The molecule has 2 amide bonds. The number of hydrogen-bond donors (Lipinski definition) is 2. The first kappa shape index (κ1) is 23.7. The molecule has 8 nitrogen and oxygen atoms in total. The molecule has 2 fully saturated rings. The predicted octanol–water partition coefficient (Wildman–Crippen LogP) is 2.00. The molecular formula is C22H33N3O5S. The van der Waals surface area contributed by atoms with Crippen molar-refractivity contribution in [2.24, 2.45) is 0 Å². The molecule has 1 saturated carbocycles. The van der Waals surface area contributed by atoms with Gasteiger partial charge in [0.05, 0.1) is 18.0 Å². The highest BCUT2D eigenvalue weighted by Gasteiger charge is 2.35. The van der Waals surface area contributed by atoms with Crippen LogP contribution in [0.2, 0.25) is 0 Å². The van der Waals surface area contributed by atoms with Gasteiger partial charge in [0.1, 0.15) is 6.23 Å². The van der Waals surface area contributed by atoms with Crippen LogP contribution in [0.3, 0.4) is 0 Å². The molecule has 2 N–H and O–H groups in total. The Labute approximate surface area is 184 Å². The van der Waals surface area contributed by atoms with Crippen LogP contribution in [0.4, 0.5) is 0 Å². The Bertz CT molecular complexity index is 894. The van der Waals surface area contributed by atoms with Crippen LogP contribution < -0.4 is 10.6 Å². The summed E-state index contributed by atoms with van der Waals surface area (Å²) in [6, 6.07) is 5.32. The lowest BCUT2D eigenvalue weighted by Gasteiger charge is -2.35. The summed E-state index contributed by atoms with van der Waals surface area (Å²) in [7, 11) is -3.80. The maximum Gasteiger partial charge on any atom is 0.309 e. The molecule has 1 aromatic rings. The minimum Gasteiger partial charge on any atom is -0.360 e. The second kappa shape index (κ2) is 10.6. The van der Waals surface area contributed by atoms with Gasteiger partial charge in [0.2, 0.25) is 10.0 Å². The quantitative estimate of drug-likeness (QED) is 0.526. The standard InChI is InChI=1S/C22H33N3O5S/c1-16-10-11-17(2)19(14-16)31(28,29)25-12-7-13-30-20(25)15-23-21(26)22(27)24-18-8-5-3-4-6-9-18/h10-11,14,18,20H,3-9,12-13,15H2,1-2H3,(H,23,26)(H,24,27)/t20-/m1/s1. The van der Waals surface area contributed by atoms with Crippen molar-refractivity contribution in [1.82, 2.24) is 14.9 Å². The van der Waals surface area contributed by atoms with E-state index in [1.165, 1.54) is 4.31 Å². The summed E-state index contributed by atoms with van der Waals surface area (Å²) < 4.78 is 33.5. The third kappa shape index (κ3) is 6.05. The topological polar surface area (TPSA) is 105 Å². The lowest BCUT2D eigenvalue weighted by Crippen LogP contribution is -2.53. The van der Waals surface area contributed by atoms with Crippen LogP contribution in [0.25, 0.3) is 0 Å². The third-order valence-corrected chi connectivity index (χ3v) is 7.95. The van der Waals surface area contributed by atoms with Crippen LogP contribution in [-0.4, -0.2) is 56.5 Å². The molecule has 0 aromatic heterocycles. The average molecular weight is 452 g/mol. The first-order valence-electron chi connectivity index (χ1n) is 11.1. The van der Waals surface area contributed by atoms with Crippen LogP contribution in [0, 0.1) is 13.8 Å². The van der Waals surface area contributed by atoms with Gasteiger partial charge in [-0.25, -0.2) is 8.42 Å². The number of amides is 2. The molecule has 1 heterocycles. The van der Waals surface area contributed by atoms with E-state index < -0.39 is 28.1 Å². The number of nitrogens with zero attached hydrogens (tertiary/aromatic N) is 1. The first-order valence-corrected chi connectivity index (χ1v) is 12.5. The zero-order chi connectivity index (χ0) is 22.4. The number of sulfonamides is 1. The fraction of sp³-hybridized carbons (Fsp3) is 0.636. The molecular weight excluding hydrogens is 418 g/mol. The highest BCUT2D eigenvalue weighted by Crippen LogP contribution is 2.25. The molecule has 2 aliphatic rings. The second-order valence-electron chi connectivity index (χ2n) is 8.44. The number of ether oxygens (including phenoxy) is 1. The zero-order valence-corrected chi connectivity index (χ0v) is 19.2. The number of carbonyl (C=O) groups is 2. The molecule has 1 aliphatic heterocycles. The van der Waals surface area contributed by atoms with Crippen molar-refractivity contribution in [2.45, 2.75) is 76.0 Å². The molecule has 1 aliphatic carbocycles. The van der Waals surface area contributed by atoms with E-state index in [1.807, 2.05) is 13.0 Å². The van der Waals surface area contributed by atoms with E-state index in [1.54, 1.807) is 19.1 Å². The molecule has 1 atom stereocenters. The van der Waals surface area contributed by atoms with Gasteiger partial charge in [-0.05, 0) is 50.3 Å². The lowest BCUT2D eigenvalue weighted by molar-refractivity contribution is -0.140. The molecule has 31 heavy (non-hydrogen) atoms. The average Bonchev–Trinajstić information content (AvgIpc) is 3.02. The molecule has 1 saturated heterocycles. The fourth-order valence-electron chi connectivity index (χ4n) is 4.15. The molecule has 3 rings (SSSR count). The maximum absolute atomic E-state index is 13.3. The van der Waals surface area contributed by atoms with E-state index in [4.69, 9.17) is 4.74 Å². The normalized spacial score (nSPS) is 21.3. The molecule has 0 radical (unpaired) electrons. The van der Waals surface area contributed by atoms with Crippen molar-refractivity contribution in [3.05, 3.63) is 29.3 Å². The Morgan fingerprint density at radius 1 is 1.06 bits per heavy atom. The SMILES string of the molecule is Cc1ccc(C)c(S(=O)(=O)N2CCCO[C@@H]2CNC(=O)C(=O)NC2CCCCCC2)c1. The third-order valence-electron chi connectivity index (χ3n) is 5.92. The summed E-state index contributed by atoms with van der Waals surface area (Å²) >= 11 is 0. The van der Waals surface area contributed by atoms with Gasteiger partial charge in [-0.1, -0.05) is 37.8 Å². The summed E-state index contributed by atoms with van der Waals surface area (Å²) in [5.74, 6) is -1.44. The lowest BCUT2D eigenvalue weighted by atomic mass is 10.1. The molecule has 172 valence electrons. The summed E-state index contributed by atoms with van der Waals surface area (Å²) in [5, 5.41) is 5.36. The largest absolute Gasteiger partial charge is 0.360 e. The van der Waals surface area contributed by atoms with Crippen molar-refractivity contribution in [2.75, 3.05) is 19.7 Å². The monoisotopic (exact) mass is 451 g/mol. The van der Waals surface area contributed by atoms with Gasteiger partial charge in [-0.3, -0.25) is 9.59 Å². The van der Waals surface area contributed by atoms with Crippen molar-refractivity contribution >= 4 is 21.8 Å². The summed E-state index contributed by atoms with van der Waals surface area (Å²) in [4.78, 5) is 24.8. The van der Waals surface area contributed by atoms with Gasteiger partial charge in [-0.15, -0.1) is 0 Å². The minimum absolute atomic E-state index is 0.0212. The summed E-state index contributed by atoms with van der Waals surface area (Å²) in [6.45, 7) is 4.21. The van der Waals surface area contributed by atoms with E-state index in [2.05, 4.69) is 10.6 Å². The Kier molecular flexibility index (Phi) is 8.07. The summed E-state index contributed by atoms with van der Waals surface area (Å²) in [6.07, 6.45) is 5.88. The Balaban J connectivity index is 1.63. The van der Waals surface area contributed by atoms with Gasteiger partial charge >= 0.3 is 11.8 Å². The van der Waals surface area contributed by atoms with Crippen LogP contribution in [0.15, 0.2) is 23.1 Å². The van der Waals surface area contributed by atoms with Crippen molar-refractivity contribution < 1.29 is 22.7 Å².